The summed E-state index contributed by atoms with van der Waals surface area (Å²) < 4.78 is 11.2. The normalized spacial score (nSPS) is 48.2. The Labute approximate surface area is 152 Å². The minimum Gasteiger partial charge on any atom is -0.391 e. The van der Waals surface area contributed by atoms with Crippen LogP contribution in [0.1, 0.15) is 26.7 Å². The number of ether oxygens (including phenoxy) is 2. The molecule has 1 heterocycles. The number of aliphatic hydroxyl groups excluding tert-OH is 5. The molecule has 0 spiro atoms. The van der Waals surface area contributed by atoms with Crippen molar-refractivity contribution in [1.82, 2.24) is 0 Å². The topological polar surface area (TPSA) is 196 Å². The van der Waals surface area contributed by atoms with E-state index in [1.165, 1.54) is 6.92 Å². The minimum atomic E-state index is -1.40. The average molecular weight is 377 g/mol. The number of hydrogen-bond acceptors (Lipinski definition) is 10. The van der Waals surface area contributed by atoms with Gasteiger partial charge in [-0.3, -0.25) is 0 Å². The van der Waals surface area contributed by atoms with Crippen LogP contribution in [-0.4, -0.2) is 92.3 Å². The number of hydrogen-bond donors (Lipinski definition) is 8. The minimum absolute atomic E-state index is 0.313. The maximum atomic E-state index is 10.4. The summed E-state index contributed by atoms with van der Waals surface area (Å²) in [5.74, 6) is -0.365. The average Bonchev–Trinajstić information content (AvgIpc) is 2.55. The van der Waals surface area contributed by atoms with E-state index in [0.717, 1.165) is 0 Å². The van der Waals surface area contributed by atoms with E-state index < -0.39 is 61.1 Å². The second-order valence-corrected chi connectivity index (χ2v) is 7.49. The van der Waals surface area contributed by atoms with Gasteiger partial charge in [0.1, 0.15) is 30.5 Å². The first kappa shape index (κ1) is 21.6. The summed E-state index contributed by atoms with van der Waals surface area (Å²) >= 11 is 0. The molecule has 0 aromatic rings. The van der Waals surface area contributed by atoms with Crippen molar-refractivity contribution < 1.29 is 35.0 Å². The molecule has 1 aliphatic carbocycles. The van der Waals surface area contributed by atoms with Crippen molar-refractivity contribution in [3.63, 3.8) is 0 Å². The molecule has 0 amide bonds. The van der Waals surface area contributed by atoms with Crippen molar-refractivity contribution in [2.75, 3.05) is 0 Å². The van der Waals surface area contributed by atoms with Crippen LogP contribution in [0.5, 0.6) is 0 Å². The standard InChI is InChI=1S/C16H31N3O7/c1-5(17)3-7-4-8(18)15(12(23)10(7)21)26-16-9(19)11(22)13(24)14(25-16)6(2)20/h6-17,20-24H,3-4,18-19H2,1-2H3/t6-,7?,8?,9+,10-,11+,12?,13+,14?,15-,16-/m1/s1. The van der Waals surface area contributed by atoms with Gasteiger partial charge in [-0.15, -0.1) is 0 Å². The van der Waals surface area contributed by atoms with Gasteiger partial charge in [0.2, 0.25) is 0 Å². The third-order valence-electron chi connectivity index (χ3n) is 5.19. The lowest BCUT2D eigenvalue weighted by molar-refractivity contribution is -0.302. The highest BCUT2D eigenvalue weighted by molar-refractivity contribution is 5.78. The molecule has 152 valence electrons. The molecule has 10 heteroatoms. The molecular formula is C16H31N3O7. The molecule has 2 aliphatic rings. The maximum absolute atomic E-state index is 10.4. The van der Waals surface area contributed by atoms with Gasteiger partial charge in [0.25, 0.3) is 0 Å². The molecular weight excluding hydrogens is 346 g/mol. The summed E-state index contributed by atoms with van der Waals surface area (Å²) in [5.41, 5.74) is 12.3. The molecule has 1 saturated heterocycles. The first-order chi connectivity index (χ1) is 12.0. The van der Waals surface area contributed by atoms with Crippen molar-refractivity contribution in [1.29, 1.82) is 5.41 Å². The molecule has 11 atom stereocenters. The van der Waals surface area contributed by atoms with Gasteiger partial charge >= 0.3 is 0 Å². The zero-order valence-electron chi connectivity index (χ0n) is 15.0. The summed E-state index contributed by atoms with van der Waals surface area (Å²) in [7, 11) is 0. The second-order valence-electron chi connectivity index (χ2n) is 7.49. The van der Waals surface area contributed by atoms with E-state index in [2.05, 4.69) is 0 Å². The predicted molar refractivity (Wildman–Crippen MR) is 91.3 cm³/mol. The van der Waals surface area contributed by atoms with Crippen molar-refractivity contribution >= 4 is 5.71 Å². The van der Waals surface area contributed by atoms with E-state index in [0.29, 0.717) is 18.6 Å². The summed E-state index contributed by atoms with van der Waals surface area (Å²) in [5, 5.41) is 58.1. The lowest BCUT2D eigenvalue weighted by Gasteiger charge is -2.46. The van der Waals surface area contributed by atoms with Gasteiger partial charge in [-0.2, -0.15) is 0 Å². The molecule has 0 aromatic heterocycles. The van der Waals surface area contributed by atoms with E-state index in [1.54, 1.807) is 6.92 Å². The monoisotopic (exact) mass is 377 g/mol. The number of rotatable bonds is 5. The maximum Gasteiger partial charge on any atom is 0.176 e. The quantitative estimate of drug-likeness (QED) is 0.231. The van der Waals surface area contributed by atoms with Crippen LogP contribution < -0.4 is 11.5 Å². The molecule has 0 aromatic carbocycles. The molecule has 0 radical (unpaired) electrons. The zero-order valence-corrected chi connectivity index (χ0v) is 15.0. The Morgan fingerprint density at radius 3 is 2.31 bits per heavy atom. The first-order valence-electron chi connectivity index (χ1n) is 8.81. The smallest absolute Gasteiger partial charge is 0.176 e. The fraction of sp³-hybridized carbons (Fsp3) is 0.938. The number of aliphatic hydroxyl groups is 5. The van der Waals surface area contributed by atoms with Crippen molar-refractivity contribution in [3.05, 3.63) is 0 Å². The largest absolute Gasteiger partial charge is 0.391 e. The molecule has 0 bridgehead atoms. The third kappa shape index (κ3) is 4.41. The molecule has 1 aliphatic heterocycles. The number of nitrogens with two attached hydrogens (primary N) is 2. The van der Waals surface area contributed by atoms with Crippen LogP contribution in [0.2, 0.25) is 0 Å². The van der Waals surface area contributed by atoms with E-state index >= 15 is 0 Å². The lowest BCUT2D eigenvalue weighted by atomic mass is 9.77. The Hall–Kier alpha value is -0.690. The Morgan fingerprint density at radius 1 is 1.15 bits per heavy atom. The summed E-state index contributed by atoms with van der Waals surface area (Å²) in [6, 6.07) is -1.78. The van der Waals surface area contributed by atoms with Gasteiger partial charge < -0.3 is 51.9 Å². The Bertz CT molecular complexity index is 494. The van der Waals surface area contributed by atoms with E-state index in [1.807, 2.05) is 0 Å². The van der Waals surface area contributed by atoms with Gasteiger partial charge in [-0.1, -0.05) is 0 Å². The summed E-state index contributed by atoms with van der Waals surface area (Å²) in [4.78, 5) is 0. The van der Waals surface area contributed by atoms with Crippen LogP contribution in [-0.2, 0) is 9.47 Å². The van der Waals surface area contributed by atoms with Crippen molar-refractivity contribution in [2.24, 2.45) is 17.4 Å². The SMILES string of the molecule is CC(=N)CC1CC(N)[C@@H](O[C@H]2OC([C@@H](C)O)[C@@H](O)[C@@H](O)[C@@H]2N)C(O)[C@@H]1O. The first-order valence-corrected chi connectivity index (χ1v) is 8.81. The fourth-order valence-electron chi connectivity index (χ4n) is 3.71. The highest BCUT2D eigenvalue weighted by Crippen LogP contribution is 2.32. The molecule has 10 N–H and O–H groups in total. The molecule has 4 unspecified atom stereocenters. The second kappa shape index (κ2) is 8.55. The zero-order chi connectivity index (χ0) is 19.8. The van der Waals surface area contributed by atoms with Gasteiger partial charge in [-0.25, -0.2) is 0 Å². The fourth-order valence-corrected chi connectivity index (χ4v) is 3.71. The predicted octanol–water partition coefficient (Wildman–Crippen LogP) is -2.97. The highest BCUT2D eigenvalue weighted by Gasteiger charge is 2.49. The highest BCUT2D eigenvalue weighted by atomic mass is 16.7. The summed E-state index contributed by atoms with van der Waals surface area (Å²) in [6.07, 6.45) is -9.06. The Morgan fingerprint density at radius 2 is 1.77 bits per heavy atom. The van der Waals surface area contributed by atoms with Crippen LogP contribution in [0.25, 0.3) is 0 Å². The van der Waals surface area contributed by atoms with E-state index in [-0.39, 0.29) is 5.92 Å². The van der Waals surface area contributed by atoms with Crippen LogP contribution in [0.3, 0.4) is 0 Å². The van der Waals surface area contributed by atoms with Crippen molar-refractivity contribution in [2.45, 2.75) is 87.8 Å². The summed E-state index contributed by atoms with van der Waals surface area (Å²) in [6.45, 7) is 3.01. The lowest BCUT2D eigenvalue weighted by Crippen LogP contribution is -2.66. The van der Waals surface area contributed by atoms with Crippen LogP contribution in [0, 0.1) is 11.3 Å². The Kier molecular flexibility index (Phi) is 7.10. The van der Waals surface area contributed by atoms with Crippen LogP contribution >= 0.6 is 0 Å². The van der Waals surface area contributed by atoms with E-state index in [4.69, 9.17) is 26.4 Å². The van der Waals surface area contributed by atoms with Gasteiger partial charge in [0.15, 0.2) is 6.29 Å². The molecule has 10 nitrogen and oxygen atoms in total. The van der Waals surface area contributed by atoms with Crippen LogP contribution in [0.15, 0.2) is 0 Å². The Balaban J connectivity index is 2.10. The van der Waals surface area contributed by atoms with Gasteiger partial charge in [0.05, 0.1) is 18.2 Å². The molecule has 26 heavy (non-hydrogen) atoms. The molecule has 2 rings (SSSR count). The number of nitrogens with one attached hydrogen (secondary N) is 1. The van der Waals surface area contributed by atoms with Gasteiger partial charge in [-0.05, 0) is 32.6 Å². The van der Waals surface area contributed by atoms with Crippen LogP contribution in [0.4, 0.5) is 0 Å². The van der Waals surface area contributed by atoms with Crippen molar-refractivity contribution in [3.8, 4) is 0 Å². The molecule has 2 fully saturated rings. The van der Waals surface area contributed by atoms with Gasteiger partial charge in [0, 0.05) is 11.8 Å². The molecule has 1 saturated carbocycles. The third-order valence-corrected chi connectivity index (χ3v) is 5.19. The van der Waals surface area contributed by atoms with E-state index in [9.17, 15) is 25.5 Å².